The molecule has 0 aliphatic carbocycles. The zero-order valence-electron chi connectivity index (χ0n) is 16.6. The lowest BCUT2D eigenvalue weighted by Gasteiger charge is -2.26. The number of guanidine groups is 1. The first-order valence-corrected chi connectivity index (χ1v) is 10.9. The fourth-order valence-corrected chi connectivity index (χ4v) is 4.08. The molecule has 0 unspecified atom stereocenters. The minimum absolute atomic E-state index is 0.0653. The minimum atomic E-state index is -3.28. The average Bonchev–Trinajstić information content (AvgIpc) is 2.68. The van der Waals surface area contributed by atoms with Gasteiger partial charge in [-0.3, -0.25) is 4.99 Å². The van der Waals surface area contributed by atoms with Gasteiger partial charge in [0.25, 0.3) is 0 Å². The van der Waals surface area contributed by atoms with Gasteiger partial charge in [-0.2, -0.15) is 0 Å². The minimum Gasteiger partial charge on any atom is -0.356 e. The highest BCUT2D eigenvalue weighted by molar-refractivity contribution is 7.91. The van der Waals surface area contributed by atoms with E-state index in [2.05, 4.69) is 15.6 Å². The van der Waals surface area contributed by atoms with Gasteiger partial charge < -0.3 is 10.6 Å². The van der Waals surface area contributed by atoms with E-state index in [-0.39, 0.29) is 17.0 Å². The Labute approximate surface area is 167 Å². The number of benzene rings is 2. The number of hydrogen-bond acceptors (Lipinski definition) is 3. The summed E-state index contributed by atoms with van der Waals surface area (Å²) >= 11 is 0. The van der Waals surface area contributed by atoms with E-state index in [1.807, 2.05) is 19.9 Å². The molecule has 0 aliphatic rings. The SMILES string of the molecule is CN=C(NCCCS(=O)(=O)c1ccccc1)NCC(C)(C)c1cccc(F)c1. The largest absolute Gasteiger partial charge is 0.356 e. The molecule has 7 heteroatoms. The molecule has 5 nitrogen and oxygen atoms in total. The molecule has 0 fully saturated rings. The van der Waals surface area contributed by atoms with Crippen LogP contribution < -0.4 is 10.6 Å². The number of aliphatic imine (C=N–C) groups is 1. The van der Waals surface area contributed by atoms with Crippen molar-refractivity contribution in [1.29, 1.82) is 0 Å². The number of nitrogens with zero attached hydrogens (tertiary/aromatic N) is 1. The quantitative estimate of drug-likeness (QED) is 0.402. The molecule has 2 rings (SSSR count). The summed E-state index contributed by atoms with van der Waals surface area (Å²) in [4.78, 5) is 4.51. The van der Waals surface area contributed by atoms with Crippen LogP contribution in [-0.2, 0) is 15.3 Å². The summed E-state index contributed by atoms with van der Waals surface area (Å²) in [5.74, 6) is 0.393. The number of rotatable bonds is 8. The number of sulfone groups is 1. The molecule has 28 heavy (non-hydrogen) atoms. The summed E-state index contributed by atoms with van der Waals surface area (Å²) in [6.45, 7) is 5.08. The summed E-state index contributed by atoms with van der Waals surface area (Å²) in [5, 5.41) is 6.35. The topological polar surface area (TPSA) is 70.6 Å². The van der Waals surface area contributed by atoms with Crippen molar-refractivity contribution in [2.24, 2.45) is 4.99 Å². The normalized spacial score (nSPS) is 12.6. The molecule has 0 aromatic heterocycles. The second-order valence-corrected chi connectivity index (χ2v) is 9.34. The fraction of sp³-hybridized carbons (Fsp3) is 0.381. The maximum Gasteiger partial charge on any atom is 0.191 e. The van der Waals surface area contributed by atoms with Crippen molar-refractivity contribution in [3.8, 4) is 0 Å². The van der Waals surface area contributed by atoms with Crippen LogP contribution in [0.4, 0.5) is 4.39 Å². The highest BCUT2D eigenvalue weighted by Gasteiger charge is 2.21. The van der Waals surface area contributed by atoms with Gasteiger partial charge in [0.05, 0.1) is 10.6 Å². The first-order chi connectivity index (χ1) is 13.2. The van der Waals surface area contributed by atoms with Crippen molar-refractivity contribution in [3.05, 3.63) is 66.0 Å². The van der Waals surface area contributed by atoms with E-state index in [4.69, 9.17) is 0 Å². The Kier molecular flexibility index (Phi) is 7.57. The van der Waals surface area contributed by atoms with Crippen LogP contribution >= 0.6 is 0 Å². The summed E-state index contributed by atoms with van der Waals surface area (Å²) in [7, 11) is -1.62. The van der Waals surface area contributed by atoms with E-state index < -0.39 is 9.84 Å². The van der Waals surface area contributed by atoms with Gasteiger partial charge in [-0.15, -0.1) is 0 Å². The summed E-state index contributed by atoms with van der Waals surface area (Å²) in [6.07, 6.45) is 0.464. The molecule has 0 radical (unpaired) electrons. The maximum atomic E-state index is 13.5. The molecule has 0 heterocycles. The lowest BCUT2D eigenvalue weighted by molar-refractivity contribution is 0.503. The number of nitrogens with one attached hydrogen (secondary N) is 2. The van der Waals surface area contributed by atoms with E-state index in [1.54, 1.807) is 43.4 Å². The van der Waals surface area contributed by atoms with Gasteiger partial charge in [0.2, 0.25) is 0 Å². The Morgan fingerprint density at radius 1 is 1.07 bits per heavy atom. The zero-order chi connectivity index (χ0) is 20.6. The predicted octanol–water partition coefficient (Wildman–Crippen LogP) is 3.13. The maximum absolute atomic E-state index is 13.5. The van der Waals surface area contributed by atoms with Crippen LogP contribution in [0, 0.1) is 5.82 Å². The smallest absolute Gasteiger partial charge is 0.191 e. The highest BCUT2D eigenvalue weighted by Crippen LogP contribution is 2.22. The van der Waals surface area contributed by atoms with Crippen LogP contribution in [0.1, 0.15) is 25.8 Å². The Hall–Kier alpha value is -2.41. The van der Waals surface area contributed by atoms with E-state index in [9.17, 15) is 12.8 Å². The molecule has 0 bridgehead atoms. The monoisotopic (exact) mass is 405 g/mol. The number of halogens is 1. The predicted molar refractivity (Wildman–Crippen MR) is 112 cm³/mol. The Morgan fingerprint density at radius 3 is 2.43 bits per heavy atom. The fourth-order valence-electron chi connectivity index (χ4n) is 2.75. The summed E-state index contributed by atoms with van der Waals surface area (Å²) in [5.41, 5.74) is 0.598. The third-order valence-electron chi connectivity index (χ3n) is 4.51. The van der Waals surface area contributed by atoms with E-state index in [0.717, 1.165) is 5.56 Å². The summed E-state index contributed by atoms with van der Waals surface area (Å²) < 4.78 is 38.0. The van der Waals surface area contributed by atoms with E-state index >= 15 is 0 Å². The average molecular weight is 406 g/mol. The first kappa shape index (κ1) is 21.9. The van der Waals surface area contributed by atoms with Gasteiger partial charge in [0, 0.05) is 25.6 Å². The molecule has 2 N–H and O–H groups in total. The van der Waals surface area contributed by atoms with Gasteiger partial charge in [-0.05, 0) is 36.2 Å². The van der Waals surface area contributed by atoms with Crippen LogP contribution in [-0.4, -0.2) is 40.3 Å². The lowest BCUT2D eigenvalue weighted by Crippen LogP contribution is -2.43. The van der Waals surface area contributed by atoms with Crippen molar-refractivity contribution in [1.82, 2.24) is 10.6 Å². The van der Waals surface area contributed by atoms with Gasteiger partial charge in [0.1, 0.15) is 5.82 Å². The van der Waals surface area contributed by atoms with Crippen molar-refractivity contribution in [2.75, 3.05) is 25.9 Å². The molecule has 2 aromatic carbocycles. The van der Waals surface area contributed by atoms with E-state index in [1.165, 1.54) is 12.1 Å². The third kappa shape index (κ3) is 6.34. The van der Waals surface area contributed by atoms with Crippen LogP contribution in [0.25, 0.3) is 0 Å². The second-order valence-electron chi connectivity index (χ2n) is 7.23. The van der Waals surface area contributed by atoms with Gasteiger partial charge in [-0.1, -0.05) is 44.2 Å². The molecule has 0 amide bonds. The third-order valence-corrected chi connectivity index (χ3v) is 6.33. The Morgan fingerprint density at radius 2 is 1.79 bits per heavy atom. The van der Waals surface area contributed by atoms with Crippen molar-refractivity contribution < 1.29 is 12.8 Å². The molecular weight excluding hydrogens is 377 g/mol. The van der Waals surface area contributed by atoms with Crippen LogP contribution in [0.2, 0.25) is 0 Å². The second kappa shape index (κ2) is 9.68. The summed E-state index contributed by atoms with van der Waals surface area (Å²) in [6, 6.07) is 15.0. The Bertz CT molecular complexity index is 897. The molecule has 0 saturated carbocycles. The molecule has 0 saturated heterocycles. The molecular formula is C21H28FN3O2S. The number of hydrogen-bond donors (Lipinski definition) is 2. The molecule has 0 spiro atoms. The highest BCUT2D eigenvalue weighted by atomic mass is 32.2. The molecule has 152 valence electrons. The van der Waals surface area contributed by atoms with Gasteiger partial charge >= 0.3 is 0 Å². The Balaban J connectivity index is 1.82. The van der Waals surface area contributed by atoms with E-state index in [0.29, 0.717) is 30.4 Å². The van der Waals surface area contributed by atoms with Crippen molar-refractivity contribution in [3.63, 3.8) is 0 Å². The first-order valence-electron chi connectivity index (χ1n) is 9.23. The van der Waals surface area contributed by atoms with Crippen LogP contribution in [0.5, 0.6) is 0 Å². The van der Waals surface area contributed by atoms with Crippen LogP contribution in [0.3, 0.4) is 0 Å². The van der Waals surface area contributed by atoms with Crippen molar-refractivity contribution >= 4 is 15.8 Å². The molecule has 0 atom stereocenters. The van der Waals surface area contributed by atoms with Gasteiger partial charge in [-0.25, -0.2) is 12.8 Å². The van der Waals surface area contributed by atoms with Crippen LogP contribution in [0.15, 0.2) is 64.5 Å². The zero-order valence-corrected chi connectivity index (χ0v) is 17.4. The molecule has 2 aromatic rings. The lowest BCUT2D eigenvalue weighted by atomic mass is 9.84. The van der Waals surface area contributed by atoms with Crippen molar-refractivity contribution in [2.45, 2.75) is 30.6 Å². The van der Waals surface area contributed by atoms with Gasteiger partial charge in [0.15, 0.2) is 15.8 Å². The molecule has 0 aliphatic heterocycles. The standard InChI is InChI=1S/C21H28FN3O2S/c1-21(2,17-9-7-10-18(22)15-17)16-25-20(23-3)24-13-8-14-28(26,27)19-11-5-4-6-12-19/h4-7,9-12,15H,8,13-14,16H2,1-3H3,(H2,23,24,25).